The Balaban J connectivity index is 3.35. The molecule has 0 aliphatic carbocycles. The molecule has 0 atom stereocenters. The van der Waals surface area contributed by atoms with Crippen LogP contribution in [-0.2, 0) is 10.7 Å². The molecule has 4 nitrogen and oxygen atoms in total. The molecule has 1 N–H and O–H groups in total. The molecule has 0 fully saturated rings. The highest BCUT2D eigenvalue weighted by molar-refractivity contribution is 6.31. The summed E-state index contributed by atoms with van der Waals surface area (Å²) in [6.45, 7) is 3.20. The molecule has 0 spiro atoms. The lowest BCUT2D eigenvalue weighted by Crippen LogP contribution is -2.29. The predicted octanol–water partition coefficient (Wildman–Crippen LogP) is 2.29. The van der Waals surface area contributed by atoms with Crippen LogP contribution in [0.15, 0.2) is 6.20 Å². The first kappa shape index (κ1) is 11.9. The fourth-order valence-corrected chi connectivity index (χ4v) is 1.38. The van der Waals surface area contributed by atoms with E-state index in [9.17, 15) is 13.6 Å². The van der Waals surface area contributed by atoms with Gasteiger partial charge in [0.1, 0.15) is 5.69 Å². The van der Waals surface area contributed by atoms with E-state index >= 15 is 0 Å². The highest BCUT2D eigenvalue weighted by atomic mass is 35.5. The molecule has 0 saturated heterocycles. The summed E-state index contributed by atoms with van der Waals surface area (Å²) in [6, 6.07) is -0.391. The Morgan fingerprint density at radius 1 is 1.67 bits per heavy atom. The smallest absolute Gasteiger partial charge is 0.385 e. The van der Waals surface area contributed by atoms with Gasteiger partial charge < -0.3 is 5.11 Å². The summed E-state index contributed by atoms with van der Waals surface area (Å²) in [5.74, 6) is -6.27. The largest absolute Gasteiger partial charge is 0.476 e. The van der Waals surface area contributed by atoms with Crippen molar-refractivity contribution in [2.45, 2.75) is 25.8 Å². The molecule has 0 aromatic carbocycles. The van der Waals surface area contributed by atoms with Gasteiger partial charge in [0, 0.05) is 6.04 Å². The van der Waals surface area contributed by atoms with Crippen molar-refractivity contribution >= 4 is 17.6 Å². The van der Waals surface area contributed by atoms with Gasteiger partial charge in [0.05, 0.1) is 11.2 Å². The van der Waals surface area contributed by atoms with E-state index in [4.69, 9.17) is 16.7 Å². The Kier molecular flexibility index (Phi) is 2.99. The van der Waals surface area contributed by atoms with E-state index in [1.54, 1.807) is 13.8 Å². The summed E-state index contributed by atoms with van der Waals surface area (Å²) in [5, 5.41) is 11.6. The lowest BCUT2D eigenvalue weighted by Gasteiger charge is -2.16. The summed E-state index contributed by atoms with van der Waals surface area (Å²) in [6.07, 6.45) is 1.01. The first-order valence-electron chi connectivity index (χ1n) is 4.13. The number of carboxylic acid groups (broad SMARTS) is 1. The average Bonchev–Trinajstić information content (AvgIpc) is 2.47. The van der Waals surface area contributed by atoms with Crippen molar-refractivity contribution in [3.63, 3.8) is 0 Å². The van der Waals surface area contributed by atoms with Gasteiger partial charge in [-0.05, 0) is 13.8 Å². The van der Waals surface area contributed by atoms with Gasteiger partial charge in [0.25, 0.3) is 0 Å². The van der Waals surface area contributed by atoms with E-state index in [2.05, 4.69) is 5.10 Å². The van der Waals surface area contributed by atoms with Crippen molar-refractivity contribution < 1.29 is 18.7 Å². The number of rotatable bonds is 3. The Morgan fingerprint density at radius 2 is 2.20 bits per heavy atom. The molecular weight excluding hydrogens is 230 g/mol. The van der Waals surface area contributed by atoms with Crippen LogP contribution in [0.2, 0.25) is 5.02 Å². The summed E-state index contributed by atoms with van der Waals surface area (Å²) in [4.78, 5) is 10.4. The second-order valence-corrected chi connectivity index (χ2v) is 3.67. The molecule has 0 amide bonds. The quantitative estimate of drug-likeness (QED) is 0.879. The van der Waals surface area contributed by atoms with E-state index in [-0.39, 0.29) is 5.02 Å². The van der Waals surface area contributed by atoms with E-state index in [1.165, 1.54) is 0 Å². The standard InChI is InChI=1S/C8H9ClF2N2O2/c1-4(2)13-6(5(9)3-12-13)8(10,11)7(14)15/h3-4H,1-2H3,(H,14,15). The number of aromatic nitrogens is 2. The number of nitrogens with zero attached hydrogens (tertiary/aromatic N) is 2. The molecule has 0 unspecified atom stereocenters. The first-order valence-corrected chi connectivity index (χ1v) is 4.51. The molecule has 0 saturated carbocycles. The molecule has 0 aliphatic rings. The van der Waals surface area contributed by atoms with Crippen LogP contribution >= 0.6 is 11.6 Å². The lowest BCUT2D eigenvalue weighted by atomic mass is 10.2. The molecule has 0 bridgehead atoms. The Morgan fingerprint density at radius 3 is 2.60 bits per heavy atom. The van der Waals surface area contributed by atoms with Crippen molar-refractivity contribution in [1.29, 1.82) is 0 Å². The third kappa shape index (κ3) is 1.94. The number of aliphatic carboxylic acids is 1. The van der Waals surface area contributed by atoms with E-state index in [0.717, 1.165) is 10.9 Å². The van der Waals surface area contributed by atoms with Gasteiger partial charge in [-0.25, -0.2) is 4.79 Å². The molecule has 1 aromatic rings. The average molecular weight is 239 g/mol. The van der Waals surface area contributed by atoms with Gasteiger partial charge in [-0.3, -0.25) is 4.68 Å². The van der Waals surface area contributed by atoms with Gasteiger partial charge in [-0.2, -0.15) is 13.9 Å². The van der Waals surface area contributed by atoms with Crippen LogP contribution in [0.1, 0.15) is 25.6 Å². The molecule has 1 aromatic heterocycles. The minimum absolute atomic E-state index is 0.351. The SMILES string of the molecule is CC(C)n1ncc(Cl)c1C(F)(F)C(=O)O. The third-order valence-electron chi connectivity index (χ3n) is 1.81. The van der Waals surface area contributed by atoms with E-state index in [1.807, 2.05) is 0 Å². The number of carbonyl (C=O) groups is 1. The van der Waals surface area contributed by atoms with Crippen LogP contribution in [0.4, 0.5) is 8.78 Å². The summed E-state index contributed by atoms with van der Waals surface area (Å²) >= 11 is 5.49. The van der Waals surface area contributed by atoms with Crippen molar-refractivity contribution in [2.24, 2.45) is 0 Å². The van der Waals surface area contributed by atoms with Gasteiger partial charge in [-0.1, -0.05) is 11.6 Å². The zero-order valence-corrected chi connectivity index (χ0v) is 8.79. The van der Waals surface area contributed by atoms with Gasteiger partial charge in [0.15, 0.2) is 0 Å². The predicted molar refractivity (Wildman–Crippen MR) is 49.2 cm³/mol. The number of hydrogen-bond donors (Lipinski definition) is 1. The van der Waals surface area contributed by atoms with Crippen LogP contribution in [0.25, 0.3) is 0 Å². The Labute approximate surface area is 89.5 Å². The van der Waals surface area contributed by atoms with E-state index in [0.29, 0.717) is 0 Å². The highest BCUT2D eigenvalue weighted by Gasteiger charge is 2.46. The first-order chi connectivity index (χ1) is 6.78. The van der Waals surface area contributed by atoms with Crippen molar-refractivity contribution in [3.05, 3.63) is 16.9 Å². The molecule has 0 aliphatic heterocycles. The lowest BCUT2D eigenvalue weighted by molar-refractivity contribution is -0.167. The fraction of sp³-hybridized carbons (Fsp3) is 0.500. The molecule has 1 heterocycles. The number of hydrogen-bond acceptors (Lipinski definition) is 2. The van der Waals surface area contributed by atoms with Crippen LogP contribution < -0.4 is 0 Å². The zero-order valence-electron chi connectivity index (χ0n) is 8.04. The summed E-state index contributed by atoms with van der Waals surface area (Å²) in [7, 11) is 0. The molecule has 1 rings (SSSR count). The third-order valence-corrected chi connectivity index (χ3v) is 2.08. The van der Waals surface area contributed by atoms with Gasteiger partial charge in [-0.15, -0.1) is 0 Å². The topological polar surface area (TPSA) is 55.1 Å². The maximum absolute atomic E-state index is 13.2. The summed E-state index contributed by atoms with van der Waals surface area (Å²) in [5.41, 5.74) is -0.785. The molecule has 84 valence electrons. The van der Waals surface area contributed by atoms with Crippen molar-refractivity contribution in [2.75, 3.05) is 0 Å². The molecule has 15 heavy (non-hydrogen) atoms. The second-order valence-electron chi connectivity index (χ2n) is 3.26. The van der Waals surface area contributed by atoms with Crippen molar-refractivity contribution in [1.82, 2.24) is 9.78 Å². The molecular formula is C8H9ClF2N2O2. The maximum Gasteiger partial charge on any atom is 0.385 e. The van der Waals surface area contributed by atoms with Gasteiger partial charge >= 0.3 is 11.9 Å². The van der Waals surface area contributed by atoms with Crippen LogP contribution in [-0.4, -0.2) is 20.9 Å². The molecule has 7 heteroatoms. The van der Waals surface area contributed by atoms with Crippen LogP contribution in [0.5, 0.6) is 0 Å². The Hall–Kier alpha value is -1.17. The Bertz CT molecular complexity index is 390. The normalized spacial score (nSPS) is 12.1. The maximum atomic E-state index is 13.2. The van der Waals surface area contributed by atoms with Gasteiger partial charge in [0.2, 0.25) is 0 Å². The van der Waals surface area contributed by atoms with E-state index < -0.39 is 23.6 Å². The number of carboxylic acids is 1. The fourth-order valence-electron chi connectivity index (χ4n) is 1.13. The highest BCUT2D eigenvalue weighted by Crippen LogP contribution is 2.34. The summed E-state index contributed by atoms with van der Waals surface area (Å²) < 4.78 is 27.4. The number of alkyl halides is 2. The second kappa shape index (κ2) is 3.77. The van der Waals surface area contributed by atoms with Crippen LogP contribution in [0.3, 0.4) is 0 Å². The number of halogens is 3. The minimum Gasteiger partial charge on any atom is -0.476 e. The van der Waals surface area contributed by atoms with Crippen molar-refractivity contribution in [3.8, 4) is 0 Å². The minimum atomic E-state index is -4.03. The molecule has 0 radical (unpaired) electrons. The monoisotopic (exact) mass is 238 g/mol. The van der Waals surface area contributed by atoms with Crippen LogP contribution in [0, 0.1) is 0 Å². The zero-order chi connectivity index (χ0) is 11.8.